The summed E-state index contributed by atoms with van der Waals surface area (Å²) in [7, 11) is 20.9. The SMILES string of the molecule is COC1CN(C)CCN(C)CC[N-]1.[Cl][Ti+]([Cl])[Cl]. The molecule has 0 amide bonds. The van der Waals surface area contributed by atoms with Gasteiger partial charge in [0.05, 0.1) is 0 Å². The first-order valence-corrected chi connectivity index (χ1v) is 11.8. The van der Waals surface area contributed by atoms with Crippen LogP contribution in [-0.4, -0.2) is 70.0 Å². The number of halogens is 3. The van der Waals surface area contributed by atoms with Gasteiger partial charge in [0.25, 0.3) is 0 Å². The molecule has 1 unspecified atom stereocenters. The average molecular weight is 341 g/mol. The zero-order valence-electron chi connectivity index (χ0n) is 10.5. The predicted octanol–water partition coefficient (Wildman–Crippen LogP) is 2.28. The van der Waals surface area contributed by atoms with E-state index >= 15 is 0 Å². The van der Waals surface area contributed by atoms with Crippen LogP contribution in [0.2, 0.25) is 0 Å². The number of hydrogen-bond acceptors (Lipinski definition) is 3. The minimum atomic E-state index is -1.92. The van der Waals surface area contributed by atoms with Crippen LogP contribution in [0.15, 0.2) is 0 Å². The Hall–Kier alpha value is 1.42. The van der Waals surface area contributed by atoms with Gasteiger partial charge >= 0.3 is 42.6 Å². The van der Waals surface area contributed by atoms with Crippen molar-refractivity contribution in [1.82, 2.24) is 9.80 Å². The van der Waals surface area contributed by atoms with Gasteiger partial charge in [-0.3, -0.25) is 0 Å². The molecule has 1 saturated heterocycles. The number of likely N-dealkylation sites (N-methyl/N-ethyl adjacent to an activating group) is 2. The van der Waals surface area contributed by atoms with Gasteiger partial charge in [-0.05, 0) is 26.9 Å². The summed E-state index contributed by atoms with van der Waals surface area (Å²) in [6.45, 7) is 5.02. The van der Waals surface area contributed by atoms with Crippen molar-refractivity contribution in [1.29, 1.82) is 0 Å². The molecule has 0 N–H and O–H groups in total. The van der Waals surface area contributed by atoms with Gasteiger partial charge in [0.1, 0.15) is 0 Å². The first-order chi connectivity index (χ1) is 7.95. The molecular formula is C9H20Cl3N3OTi. The third kappa shape index (κ3) is 12.2. The van der Waals surface area contributed by atoms with Gasteiger partial charge in [-0.25, -0.2) is 0 Å². The van der Waals surface area contributed by atoms with Crippen molar-refractivity contribution >= 4 is 27.9 Å². The van der Waals surface area contributed by atoms with Crippen LogP contribution in [-0.2, 0) is 19.4 Å². The Bertz CT molecular complexity index is 188. The molecule has 0 aromatic carbocycles. The number of rotatable bonds is 1. The predicted molar refractivity (Wildman–Crippen MR) is 71.6 cm³/mol. The minimum absolute atomic E-state index is 0.0523. The molecular weight excluding hydrogens is 320 g/mol. The topological polar surface area (TPSA) is 29.8 Å². The molecule has 0 saturated carbocycles. The van der Waals surface area contributed by atoms with Gasteiger partial charge in [0, 0.05) is 26.7 Å². The first kappa shape index (κ1) is 18.4. The first-order valence-electron chi connectivity index (χ1n) is 5.35. The fraction of sp³-hybridized carbons (Fsp3) is 1.00. The summed E-state index contributed by atoms with van der Waals surface area (Å²) in [6, 6.07) is 0. The number of nitrogens with zero attached hydrogens (tertiary/aromatic N) is 3. The average Bonchev–Trinajstić information content (AvgIpc) is 2.30. The van der Waals surface area contributed by atoms with E-state index in [0.29, 0.717) is 0 Å². The van der Waals surface area contributed by atoms with Crippen LogP contribution in [0.3, 0.4) is 0 Å². The van der Waals surface area contributed by atoms with Crippen molar-refractivity contribution in [3.8, 4) is 0 Å². The molecule has 1 fully saturated rings. The monoisotopic (exact) mass is 339 g/mol. The third-order valence-electron chi connectivity index (χ3n) is 2.42. The van der Waals surface area contributed by atoms with Crippen molar-refractivity contribution in [2.75, 3.05) is 53.9 Å². The van der Waals surface area contributed by atoms with E-state index in [4.69, 9.17) is 32.7 Å². The van der Waals surface area contributed by atoms with Crippen LogP contribution in [0.5, 0.6) is 0 Å². The van der Waals surface area contributed by atoms with E-state index in [1.807, 2.05) is 0 Å². The quantitative estimate of drug-likeness (QED) is 0.686. The van der Waals surface area contributed by atoms with E-state index in [-0.39, 0.29) is 6.23 Å². The summed E-state index contributed by atoms with van der Waals surface area (Å²) in [6.07, 6.45) is 0.0523. The molecule has 0 radical (unpaired) electrons. The summed E-state index contributed by atoms with van der Waals surface area (Å²) < 4.78 is 5.26. The second-order valence-electron chi connectivity index (χ2n) is 3.88. The Kier molecular flexibility index (Phi) is 12.2. The van der Waals surface area contributed by atoms with Crippen molar-refractivity contribution < 1.29 is 19.4 Å². The molecule has 4 nitrogen and oxygen atoms in total. The van der Waals surface area contributed by atoms with E-state index in [0.717, 1.165) is 32.7 Å². The van der Waals surface area contributed by atoms with Crippen LogP contribution in [0, 0.1) is 0 Å². The molecule has 1 heterocycles. The van der Waals surface area contributed by atoms with Gasteiger partial charge in [-0.1, -0.05) is 0 Å². The second kappa shape index (κ2) is 11.3. The van der Waals surface area contributed by atoms with E-state index in [1.54, 1.807) is 7.11 Å². The van der Waals surface area contributed by atoms with Crippen LogP contribution < -0.4 is 0 Å². The zero-order chi connectivity index (χ0) is 13.3. The molecule has 0 spiro atoms. The van der Waals surface area contributed by atoms with Crippen molar-refractivity contribution in [3.63, 3.8) is 0 Å². The zero-order valence-corrected chi connectivity index (χ0v) is 14.3. The molecule has 1 aliphatic rings. The summed E-state index contributed by atoms with van der Waals surface area (Å²) in [5, 5.41) is 4.46. The van der Waals surface area contributed by atoms with E-state index in [2.05, 4.69) is 29.2 Å². The molecule has 1 rings (SSSR count). The Morgan fingerprint density at radius 2 is 1.65 bits per heavy atom. The van der Waals surface area contributed by atoms with E-state index < -0.39 is 14.7 Å². The van der Waals surface area contributed by atoms with Crippen molar-refractivity contribution in [2.45, 2.75) is 6.23 Å². The standard InChI is InChI=1S/C9H20N3O.3ClH.Ti/c1-11-5-4-10-9(13-3)8-12(2)7-6-11;;;;/h9H,4-8H2,1-3H3;3*1H;/q-1;;;;+4/p-3. The Morgan fingerprint density at radius 3 is 2.18 bits per heavy atom. The second-order valence-corrected chi connectivity index (χ2v) is 11.6. The van der Waals surface area contributed by atoms with Gasteiger partial charge in [0.2, 0.25) is 0 Å². The Labute approximate surface area is 122 Å². The van der Waals surface area contributed by atoms with Crippen LogP contribution in [0.4, 0.5) is 0 Å². The molecule has 1 atom stereocenters. The van der Waals surface area contributed by atoms with Gasteiger partial charge in [-0.15, -0.1) is 6.54 Å². The molecule has 1 aliphatic heterocycles. The van der Waals surface area contributed by atoms with Crippen LogP contribution in [0.25, 0.3) is 5.32 Å². The Balaban J connectivity index is 0.000000557. The molecule has 17 heavy (non-hydrogen) atoms. The number of methoxy groups -OCH3 is 1. The van der Waals surface area contributed by atoms with Gasteiger partial charge in [-0.2, -0.15) is 0 Å². The van der Waals surface area contributed by atoms with E-state index in [1.165, 1.54) is 0 Å². The molecule has 0 aromatic heterocycles. The maximum atomic E-state index is 5.26. The fourth-order valence-corrected chi connectivity index (χ4v) is 1.39. The van der Waals surface area contributed by atoms with Gasteiger partial charge < -0.3 is 19.9 Å². The molecule has 0 aromatic rings. The van der Waals surface area contributed by atoms with Crippen LogP contribution in [0.1, 0.15) is 0 Å². The molecule has 0 aliphatic carbocycles. The summed E-state index contributed by atoms with van der Waals surface area (Å²) in [4.78, 5) is 4.57. The summed E-state index contributed by atoms with van der Waals surface area (Å²) in [5.74, 6) is 0. The van der Waals surface area contributed by atoms with Gasteiger partial charge in [0.15, 0.2) is 0 Å². The van der Waals surface area contributed by atoms with E-state index in [9.17, 15) is 0 Å². The van der Waals surface area contributed by atoms with Crippen LogP contribution >= 0.6 is 27.9 Å². The molecule has 0 bridgehead atoms. The fourth-order valence-electron chi connectivity index (χ4n) is 1.39. The molecule has 102 valence electrons. The third-order valence-corrected chi connectivity index (χ3v) is 2.42. The number of hydrogen-bond donors (Lipinski definition) is 0. The van der Waals surface area contributed by atoms with Crippen molar-refractivity contribution in [3.05, 3.63) is 5.32 Å². The molecule has 8 heteroatoms. The summed E-state index contributed by atoms with van der Waals surface area (Å²) in [5.41, 5.74) is 0. The number of ether oxygens (including phenoxy) is 1. The normalized spacial score (nSPS) is 24.0. The summed E-state index contributed by atoms with van der Waals surface area (Å²) >= 11 is -1.92. The van der Waals surface area contributed by atoms with Crippen molar-refractivity contribution in [2.24, 2.45) is 0 Å². The maximum absolute atomic E-state index is 5.26. The Morgan fingerprint density at radius 1 is 1.12 bits per heavy atom.